The highest BCUT2D eigenvalue weighted by molar-refractivity contribution is 5.99. The molecule has 1 aromatic carbocycles. The maximum atomic E-state index is 10.1. The Morgan fingerprint density at radius 3 is 3.13 bits per heavy atom. The van der Waals surface area contributed by atoms with Crippen molar-refractivity contribution in [2.75, 3.05) is 11.9 Å². The highest BCUT2D eigenvalue weighted by atomic mass is 16.3. The molecule has 1 aromatic rings. The van der Waals surface area contributed by atoms with Crippen LogP contribution in [0.15, 0.2) is 29.3 Å². The number of rotatable bonds is 3. The number of anilines is 1. The second kappa shape index (κ2) is 4.10. The molecule has 3 N–H and O–H groups in total. The van der Waals surface area contributed by atoms with Gasteiger partial charge >= 0.3 is 0 Å². The first-order valence-electron chi connectivity index (χ1n) is 4.59. The molecule has 0 aromatic heterocycles. The maximum Gasteiger partial charge on any atom is 0.207 e. The zero-order valence-corrected chi connectivity index (χ0v) is 7.97. The molecule has 0 saturated heterocycles. The molecule has 78 valence electrons. The number of carbonyl (C=O) groups is 1. The van der Waals surface area contributed by atoms with Gasteiger partial charge in [-0.1, -0.05) is 18.2 Å². The van der Waals surface area contributed by atoms with Crippen LogP contribution >= 0.6 is 0 Å². The van der Waals surface area contributed by atoms with E-state index in [0.29, 0.717) is 12.2 Å². The largest absolute Gasteiger partial charge is 0.368 e. The number of fused-ring (bicyclic) bond motifs is 1. The lowest BCUT2D eigenvalue weighted by atomic mass is 10.1. The second-order valence-electron chi connectivity index (χ2n) is 3.16. The molecule has 1 atom stereocenters. The molecule has 1 aliphatic heterocycles. The minimum atomic E-state index is -0.856. The van der Waals surface area contributed by atoms with Gasteiger partial charge in [-0.2, -0.15) is 0 Å². The Morgan fingerprint density at radius 2 is 2.33 bits per heavy atom. The molecule has 5 nitrogen and oxygen atoms in total. The van der Waals surface area contributed by atoms with Crippen molar-refractivity contribution >= 4 is 17.9 Å². The normalized spacial score (nSPS) is 18.5. The molecule has 1 amide bonds. The molecule has 0 bridgehead atoms. The van der Waals surface area contributed by atoms with E-state index in [1.807, 2.05) is 18.2 Å². The number of nitrogens with one attached hydrogen (secondary N) is 2. The quantitative estimate of drug-likeness (QED) is 0.619. The number of carbonyl (C=O) groups excluding carboxylic acids is 1. The van der Waals surface area contributed by atoms with Crippen molar-refractivity contribution in [2.45, 2.75) is 6.23 Å². The molecule has 1 unspecified atom stereocenters. The number of benzene rings is 1. The highest BCUT2D eigenvalue weighted by Gasteiger charge is 2.17. The van der Waals surface area contributed by atoms with Crippen LogP contribution in [0.1, 0.15) is 11.8 Å². The van der Waals surface area contributed by atoms with Gasteiger partial charge in [0.15, 0.2) is 6.23 Å². The van der Waals surface area contributed by atoms with Crippen LogP contribution in [0.2, 0.25) is 0 Å². The summed E-state index contributed by atoms with van der Waals surface area (Å²) in [5, 5.41) is 15.2. The number of aliphatic imine (C=N–C) groups is 1. The summed E-state index contributed by atoms with van der Waals surface area (Å²) in [6.45, 7) is 0.287. The van der Waals surface area contributed by atoms with Crippen LogP contribution in [0.3, 0.4) is 0 Å². The number of hydrogen-bond acceptors (Lipinski definition) is 4. The van der Waals surface area contributed by atoms with Gasteiger partial charge in [-0.25, -0.2) is 4.99 Å². The predicted molar refractivity (Wildman–Crippen MR) is 56.5 cm³/mol. The molecule has 0 aliphatic carbocycles. The van der Waals surface area contributed by atoms with E-state index in [2.05, 4.69) is 15.6 Å². The summed E-state index contributed by atoms with van der Waals surface area (Å²) in [5.74, 6) is 0.549. The summed E-state index contributed by atoms with van der Waals surface area (Å²) < 4.78 is 0. The molecule has 0 saturated carbocycles. The van der Waals surface area contributed by atoms with Crippen molar-refractivity contribution in [2.24, 2.45) is 4.99 Å². The van der Waals surface area contributed by atoms with Crippen LogP contribution in [0.25, 0.3) is 0 Å². The topological polar surface area (TPSA) is 73.7 Å². The molecule has 5 heteroatoms. The molecular weight excluding hydrogens is 194 g/mol. The molecule has 2 rings (SSSR count). The van der Waals surface area contributed by atoms with E-state index in [1.165, 1.54) is 0 Å². The minimum Gasteiger partial charge on any atom is -0.368 e. The van der Waals surface area contributed by atoms with E-state index >= 15 is 0 Å². The summed E-state index contributed by atoms with van der Waals surface area (Å²) in [7, 11) is 0. The molecule has 1 heterocycles. The average Bonchev–Trinajstić information content (AvgIpc) is 2.26. The zero-order chi connectivity index (χ0) is 10.7. The maximum absolute atomic E-state index is 10.1. The van der Waals surface area contributed by atoms with Crippen molar-refractivity contribution in [3.8, 4) is 0 Å². The third-order valence-corrected chi connectivity index (χ3v) is 2.15. The van der Waals surface area contributed by atoms with Gasteiger partial charge in [0.25, 0.3) is 0 Å². The molecule has 1 aliphatic rings. The van der Waals surface area contributed by atoms with Crippen molar-refractivity contribution in [1.29, 1.82) is 0 Å². The number of aliphatic hydroxyl groups is 1. The Bertz CT molecular complexity index is 403. The molecular formula is C10H11N3O2. The van der Waals surface area contributed by atoms with E-state index in [1.54, 1.807) is 6.07 Å². The predicted octanol–water partition coefficient (Wildman–Crippen LogP) is 0.247. The van der Waals surface area contributed by atoms with Crippen molar-refractivity contribution in [3.05, 3.63) is 29.8 Å². The summed E-state index contributed by atoms with van der Waals surface area (Å²) in [6.07, 6.45) is -0.261. The second-order valence-corrected chi connectivity index (χ2v) is 3.16. The Labute approximate surface area is 86.8 Å². The Kier molecular flexibility index (Phi) is 2.64. The first-order valence-corrected chi connectivity index (χ1v) is 4.59. The average molecular weight is 205 g/mol. The third kappa shape index (κ3) is 1.97. The lowest BCUT2D eigenvalue weighted by molar-refractivity contribution is -0.109. The lowest BCUT2D eigenvalue weighted by Crippen LogP contribution is -2.30. The van der Waals surface area contributed by atoms with Crippen LogP contribution in [-0.2, 0) is 4.79 Å². The summed E-state index contributed by atoms with van der Waals surface area (Å²) in [4.78, 5) is 14.1. The van der Waals surface area contributed by atoms with E-state index in [9.17, 15) is 9.90 Å². The minimum absolute atomic E-state index is 0.287. The van der Waals surface area contributed by atoms with Crippen LogP contribution in [0.4, 0.5) is 5.69 Å². The Balaban J connectivity index is 2.19. The number of para-hydroxylation sites is 1. The first kappa shape index (κ1) is 9.67. The number of nitrogens with zero attached hydrogens (tertiary/aromatic N) is 1. The van der Waals surface area contributed by atoms with Crippen molar-refractivity contribution < 1.29 is 9.90 Å². The number of aliphatic hydroxyl groups excluding tert-OH is 1. The van der Waals surface area contributed by atoms with E-state index in [4.69, 9.17) is 0 Å². The lowest BCUT2D eigenvalue weighted by Gasteiger charge is -2.21. The van der Waals surface area contributed by atoms with Gasteiger partial charge < -0.3 is 15.7 Å². The first-order chi connectivity index (χ1) is 7.31. The van der Waals surface area contributed by atoms with Crippen LogP contribution in [0, 0.1) is 0 Å². The fraction of sp³-hybridized carbons (Fsp3) is 0.200. The van der Waals surface area contributed by atoms with Gasteiger partial charge in [0.05, 0.1) is 6.54 Å². The number of amidine groups is 1. The van der Waals surface area contributed by atoms with Gasteiger partial charge in [-0.3, -0.25) is 4.79 Å². The van der Waals surface area contributed by atoms with Gasteiger partial charge in [0.2, 0.25) is 6.41 Å². The fourth-order valence-corrected chi connectivity index (χ4v) is 1.47. The van der Waals surface area contributed by atoms with Gasteiger partial charge in [-0.05, 0) is 6.07 Å². The fourth-order valence-electron chi connectivity index (χ4n) is 1.47. The van der Waals surface area contributed by atoms with Crippen LogP contribution in [0.5, 0.6) is 0 Å². The Morgan fingerprint density at radius 1 is 1.53 bits per heavy atom. The van der Waals surface area contributed by atoms with Gasteiger partial charge in [0, 0.05) is 11.3 Å². The van der Waals surface area contributed by atoms with Gasteiger partial charge in [-0.15, -0.1) is 0 Å². The van der Waals surface area contributed by atoms with E-state index in [-0.39, 0.29) is 6.54 Å². The highest BCUT2D eigenvalue weighted by Crippen LogP contribution is 2.27. The van der Waals surface area contributed by atoms with Crippen LogP contribution < -0.4 is 10.6 Å². The number of hydrogen-bond donors (Lipinski definition) is 3. The summed E-state index contributed by atoms with van der Waals surface area (Å²) in [5.41, 5.74) is 1.56. The molecule has 15 heavy (non-hydrogen) atoms. The SMILES string of the molecule is O=CNCC1=NC(O)c2ccccc2N1. The smallest absolute Gasteiger partial charge is 0.207 e. The zero-order valence-electron chi connectivity index (χ0n) is 7.97. The molecule has 0 spiro atoms. The summed E-state index contributed by atoms with van der Waals surface area (Å²) in [6, 6.07) is 7.37. The number of amides is 1. The molecule has 0 radical (unpaired) electrons. The molecule has 0 fully saturated rings. The van der Waals surface area contributed by atoms with Gasteiger partial charge in [0.1, 0.15) is 5.84 Å². The standard InChI is InChI=1S/C10H11N3O2/c14-6-11-5-9-12-8-4-2-1-3-7(8)10(15)13-9/h1-4,6,10,15H,5H2,(H,11,14)(H,12,13). The van der Waals surface area contributed by atoms with Crippen molar-refractivity contribution in [3.63, 3.8) is 0 Å². The van der Waals surface area contributed by atoms with E-state index in [0.717, 1.165) is 11.3 Å². The van der Waals surface area contributed by atoms with Crippen LogP contribution in [-0.4, -0.2) is 23.9 Å². The van der Waals surface area contributed by atoms with E-state index < -0.39 is 6.23 Å². The monoisotopic (exact) mass is 205 g/mol. The third-order valence-electron chi connectivity index (χ3n) is 2.15. The Hall–Kier alpha value is -1.88. The van der Waals surface area contributed by atoms with Crippen molar-refractivity contribution in [1.82, 2.24) is 5.32 Å². The summed E-state index contributed by atoms with van der Waals surface area (Å²) >= 11 is 0.